The lowest BCUT2D eigenvalue weighted by Gasteiger charge is -2.19. The van der Waals surface area contributed by atoms with E-state index in [2.05, 4.69) is 24.3 Å². The maximum Gasteiger partial charge on any atom is 0.167 e. The Bertz CT molecular complexity index is 1410. The highest BCUT2D eigenvalue weighted by atomic mass is 35.5. The molecule has 0 amide bonds. The fourth-order valence-electron chi connectivity index (χ4n) is 3.91. The first-order valence-corrected chi connectivity index (χ1v) is 11.2. The molecule has 0 spiro atoms. The molecule has 0 bridgehead atoms. The highest BCUT2D eigenvalue weighted by Gasteiger charge is 2.24. The van der Waals surface area contributed by atoms with Crippen molar-refractivity contribution in [1.82, 2.24) is 0 Å². The second kappa shape index (κ2) is 8.38. The van der Waals surface area contributed by atoms with E-state index in [0.717, 1.165) is 32.7 Å². The van der Waals surface area contributed by atoms with E-state index in [-0.39, 0.29) is 31.6 Å². The van der Waals surface area contributed by atoms with Crippen molar-refractivity contribution in [1.29, 1.82) is 0 Å². The van der Waals surface area contributed by atoms with Gasteiger partial charge >= 0.3 is 0 Å². The zero-order chi connectivity index (χ0) is 22.4. The first-order valence-electron chi connectivity index (χ1n) is 9.70. The first-order chi connectivity index (χ1) is 15.5. The van der Waals surface area contributed by atoms with E-state index >= 15 is 0 Å². The molecule has 32 heavy (non-hydrogen) atoms. The monoisotopic (exact) mass is 498 g/mol. The summed E-state index contributed by atoms with van der Waals surface area (Å²) in [6.45, 7) is 0. The van der Waals surface area contributed by atoms with E-state index in [1.165, 1.54) is 0 Å². The van der Waals surface area contributed by atoms with Crippen LogP contribution in [0.2, 0.25) is 20.1 Å². The largest absolute Gasteiger partial charge is 0.505 e. The zero-order valence-corrected chi connectivity index (χ0v) is 19.4. The van der Waals surface area contributed by atoms with Crippen molar-refractivity contribution in [2.24, 2.45) is 0 Å². The van der Waals surface area contributed by atoms with Crippen LogP contribution in [0.3, 0.4) is 0 Å². The Morgan fingerprint density at radius 2 is 0.938 bits per heavy atom. The topological polar surface area (TPSA) is 29.5 Å². The quantitative estimate of drug-likeness (QED) is 0.197. The Morgan fingerprint density at radius 3 is 1.44 bits per heavy atom. The lowest BCUT2D eigenvalue weighted by atomic mass is 9.91. The molecule has 0 atom stereocenters. The molecule has 2 nitrogen and oxygen atoms in total. The predicted octanol–water partition coefficient (Wildman–Crippen LogP) is 9.77. The Labute approximate surface area is 204 Å². The standard InChI is InChI=1S/C26H14Cl4O2/c27-20-22(29)26(23(30)21(28)24(20)31)32-25-17-12-6-4-10-15(17)19(14-8-2-1-3-9-14)16-11-5-7-13-18(16)25/h1-13,31H. The third kappa shape index (κ3) is 3.35. The van der Waals surface area contributed by atoms with Crippen molar-refractivity contribution in [3.05, 3.63) is 99.0 Å². The van der Waals surface area contributed by atoms with Crippen LogP contribution in [0.1, 0.15) is 0 Å². The van der Waals surface area contributed by atoms with Crippen molar-refractivity contribution in [3.8, 4) is 28.4 Å². The molecule has 5 aromatic rings. The van der Waals surface area contributed by atoms with Crippen molar-refractivity contribution in [2.75, 3.05) is 0 Å². The molecular formula is C26H14Cl4O2. The average molecular weight is 500 g/mol. The number of rotatable bonds is 3. The van der Waals surface area contributed by atoms with Gasteiger partial charge in [-0.3, -0.25) is 0 Å². The number of aromatic hydroxyl groups is 1. The summed E-state index contributed by atoms with van der Waals surface area (Å²) in [6.07, 6.45) is 0. The summed E-state index contributed by atoms with van der Waals surface area (Å²) in [4.78, 5) is 0. The van der Waals surface area contributed by atoms with Crippen LogP contribution in [-0.4, -0.2) is 5.11 Å². The minimum atomic E-state index is -0.384. The molecule has 6 heteroatoms. The van der Waals surface area contributed by atoms with Gasteiger partial charge in [0.2, 0.25) is 0 Å². The van der Waals surface area contributed by atoms with Crippen LogP contribution >= 0.6 is 46.4 Å². The molecule has 0 aliphatic heterocycles. The summed E-state index contributed by atoms with van der Waals surface area (Å²) in [7, 11) is 0. The molecule has 0 radical (unpaired) electrons. The molecule has 0 unspecified atom stereocenters. The number of phenols is 1. The van der Waals surface area contributed by atoms with Crippen LogP contribution in [0.15, 0.2) is 78.9 Å². The first kappa shape index (κ1) is 21.2. The van der Waals surface area contributed by atoms with Gasteiger partial charge in [-0.2, -0.15) is 0 Å². The molecule has 0 fully saturated rings. The molecule has 0 saturated carbocycles. The smallest absolute Gasteiger partial charge is 0.167 e. The van der Waals surface area contributed by atoms with Gasteiger partial charge in [-0.15, -0.1) is 0 Å². The Hall–Kier alpha value is -2.62. The van der Waals surface area contributed by atoms with Crippen LogP contribution in [0, 0.1) is 0 Å². The Balaban J connectivity index is 1.87. The maximum absolute atomic E-state index is 10.1. The SMILES string of the molecule is Oc1c(Cl)c(Cl)c(Oc2c3ccccc3c(-c3ccccc3)c3ccccc23)c(Cl)c1Cl. The van der Waals surface area contributed by atoms with Gasteiger partial charge in [-0.05, 0) is 21.9 Å². The van der Waals surface area contributed by atoms with E-state index in [0.29, 0.717) is 5.75 Å². The lowest BCUT2D eigenvalue weighted by molar-refractivity contribution is 0.468. The van der Waals surface area contributed by atoms with Gasteiger partial charge < -0.3 is 9.84 Å². The molecule has 1 N–H and O–H groups in total. The van der Waals surface area contributed by atoms with Gasteiger partial charge in [0.1, 0.15) is 25.8 Å². The van der Waals surface area contributed by atoms with Gasteiger partial charge in [0.05, 0.1) is 0 Å². The van der Waals surface area contributed by atoms with Crippen LogP contribution in [0.4, 0.5) is 0 Å². The van der Waals surface area contributed by atoms with E-state index in [1.807, 2.05) is 54.6 Å². The summed E-state index contributed by atoms with van der Waals surface area (Å²) in [6, 6.07) is 26.1. The van der Waals surface area contributed by atoms with Gasteiger partial charge in [0.25, 0.3) is 0 Å². The van der Waals surface area contributed by atoms with E-state index in [4.69, 9.17) is 51.1 Å². The third-order valence-corrected chi connectivity index (χ3v) is 7.00. The molecule has 0 heterocycles. The fraction of sp³-hybridized carbons (Fsp3) is 0. The van der Waals surface area contributed by atoms with E-state index in [1.54, 1.807) is 0 Å². The van der Waals surface area contributed by atoms with E-state index < -0.39 is 0 Å². The predicted molar refractivity (Wildman–Crippen MR) is 135 cm³/mol. The zero-order valence-electron chi connectivity index (χ0n) is 16.4. The summed E-state index contributed by atoms with van der Waals surface area (Å²) < 4.78 is 6.33. The molecule has 0 saturated heterocycles. The highest BCUT2D eigenvalue weighted by molar-refractivity contribution is 6.50. The van der Waals surface area contributed by atoms with Gasteiger partial charge in [-0.25, -0.2) is 0 Å². The van der Waals surface area contributed by atoms with Crippen LogP contribution < -0.4 is 4.74 Å². The number of ether oxygens (including phenoxy) is 1. The normalized spacial score (nSPS) is 11.2. The van der Waals surface area contributed by atoms with Crippen LogP contribution in [-0.2, 0) is 0 Å². The average Bonchev–Trinajstić information content (AvgIpc) is 2.84. The number of fused-ring (bicyclic) bond motifs is 2. The maximum atomic E-state index is 10.1. The second-order valence-corrected chi connectivity index (χ2v) is 8.71. The van der Waals surface area contributed by atoms with Crippen LogP contribution in [0.25, 0.3) is 32.7 Å². The minimum absolute atomic E-state index is 0.0149. The number of benzene rings is 5. The molecule has 158 valence electrons. The summed E-state index contributed by atoms with van der Waals surface area (Å²) >= 11 is 25.1. The van der Waals surface area contributed by atoms with Gasteiger partial charge in [-0.1, -0.05) is 125 Å². The van der Waals surface area contributed by atoms with Crippen molar-refractivity contribution in [2.45, 2.75) is 0 Å². The van der Waals surface area contributed by atoms with Crippen molar-refractivity contribution >= 4 is 67.9 Å². The Kier molecular flexibility index (Phi) is 5.56. The summed E-state index contributed by atoms with van der Waals surface area (Å²) in [5.74, 6) is 0.270. The molecule has 5 aromatic carbocycles. The molecule has 0 aliphatic rings. The lowest BCUT2D eigenvalue weighted by Crippen LogP contribution is -1.94. The van der Waals surface area contributed by atoms with Crippen molar-refractivity contribution in [3.63, 3.8) is 0 Å². The Morgan fingerprint density at radius 1 is 0.500 bits per heavy atom. The fourth-order valence-corrected chi connectivity index (χ4v) is 4.81. The summed E-state index contributed by atoms with van der Waals surface area (Å²) in [5.41, 5.74) is 2.20. The number of halogens is 4. The molecule has 0 aliphatic carbocycles. The van der Waals surface area contributed by atoms with Crippen LogP contribution in [0.5, 0.6) is 17.2 Å². The second-order valence-electron chi connectivity index (χ2n) is 7.20. The van der Waals surface area contributed by atoms with Gasteiger partial charge in [0.15, 0.2) is 11.5 Å². The molecular weight excluding hydrogens is 486 g/mol. The number of phenolic OH excluding ortho intramolecular Hbond substituents is 1. The minimum Gasteiger partial charge on any atom is -0.505 e. The number of hydrogen-bond donors (Lipinski definition) is 1. The number of hydrogen-bond acceptors (Lipinski definition) is 2. The molecule has 0 aromatic heterocycles. The summed E-state index contributed by atoms with van der Waals surface area (Å²) in [5, 5.41) is 13.6. The molecule has 5 rings (SSSR count). The highest BCUT2D eigenvalue weighted by Crippen LogP contribution is 2.52. The van der Waals surface area contributed by atoms with Crippen molar-refractivity contribution < 1.29 is 9.84 Å². The third-order valence-electron chi connectivity index (χ3n) is 5.35. The van der Waals surface area contributed by atoms with E-state index in [9.17, 15) is 5.11 Å². The van der Waals surface area contributed by atoms with Gasteiger partial charge in [0, 0.05) is 10.8 Å².